The summed E-state index contributed by atoms with van der Waals surface area (Å²) in [6, 6.07) is 5.11. The molecule has 1 N–H and O–H groups in total. The van der Waals surface area contributed by atoms with Crippen molar-refractivity contribution < 1.29 is 0 Å². The lowest BCUT2D eigenvalue weighted by molar-refractivity contribution is 1.01. The van der Waals surface area contributed by atoms with Crippen LogP contribution in [0.1, 0.15) is 0 Å². The number of nitrogens with one attached hydrogen (secondary N) is 1. The molecule has 0 saturated heterocycles. The minimum atomic E-state index is -0.201. The Morgan fingerprint density at radius 2 is 2.31 bits per heavy atom. The van der Waals surface area contributed by atoms with Gasteiger partial charge < -0.3 is 0 Å². The molecule has 0 fully saturated rings. The fourth-order valence-corrected chi connectivity index (χ4v) is 1.25. The van der Waals surface area contributed by atoms with E-state index in [9.17, 15) is 4.79 Å². The molecule has 0 aliphatic carbocycles. The Labute approximate surface area is 78.8 Å². The molecule has 1 heterocycles. The van der Waals surface area contributed by atoms with E-state index in [0.29, 0.717) is 11.1 Å². The summed E-state index contributed by atoms with van der Waals surface area (Å²) < 4.78 is 3.59. The van der Waals surface area contributed by atoms with Crippen molar-refractivity contribution in [3.63, 3.8) is 0 Å². The summed E-state index contributed by atoms with van der Waals surface area (Å²) in [4.78, 5) is 11.2. The van der Waals surface area contributed by atoms with Crippen molar-refractivity contribution in [2.75, 3.05) is 0 Å². The van der Waals surface area contributed by atoms with Gasteiger partial charge in [-0.3, -0.25) is 4.79 Å². The third-order valence-corrected chi connectivity index (χ3v) is 1.97. The number of H-pyrrole nitrogens is 1. The van der Waals surface area contributed by atoms with Gasteiger partial charge in [-0.15, -0.1) is 0 Å². The lowest BCUT2D eigenvalue weighted by atomic mass is 10.2. The largest absolute Gasteiger partial charge is 0.272 e. The van der Waals surface area contributed by atoms with Crippen molar-refractivity contribution in [2.45, 2.75) is 0 Å². The smallest absolute Gasteiger partial charge is 0.267 e. The van der Waals surface area contributed by atoms with E-state index < -0.39 is 0 Å². The van der Waals surface area contributed by atoms with Gasteiger partial charge in [-0.2, -0.15) is 9.46 Å². The maximum atomic E-state index is 11.2. The monoisotopic (exact) mass is 191 g/mol. The highest BCUT2D eigenvalue weighted by atomic mass is 32.1. The summed E-state index contributed by atoms with van der Waals surface area (Å²) in [7, 11) is 0. The molecule has 0 spiro atoms. The van der Waals surface area contributed by atoms with Crippen LogP contribution < -0.4 is 5.56 Å². The van der Waals surface area contributed by atoms with Gasteiger partial charge in [-0.1, -0.05) is 0 Å². The first-order chi connectivity index (χ1) is 6.31. The summed E-state index contributed by atoms with van der Waals surface area (Å²) in [5.41, 5.74) is 0.461. The molecule has 1 aromatic heterocycles. The van der Waals surface area contributed by atoms with Crippen molar-refractivity contribution >= 4 is 28.9 Å². The third kappa shape index (κ3) is 1.33. The second-order valence-electron chi connectivity index (χ2n) is 2.56. The average molecular weight is 191 g/mol. The van der Waals surface area contributed by atoms with E-state index in [2.05, 4.69) is 27.0 Å². The summed E-state index contributed by atoms with van der Waals surface area (Å²) in [6.45, 7) is 0. The molecule has 0 atom stereocenters. The number of rotatable bonds is 1. The first kappa shape index (κ1) is 8.00. The van der Waals surface area contributed by atoms with Gasteiger partial charge in [0.15, 0.2) is 0 Å². The van der Waals surface area contributed by atoms with E-state index in [1.54, 1.807) is 24.4 Å². The lowest BCUT2D eigenvalue weighted by Gasteiger charge is -1.95. The molecule has 1 aromatic carbocycles. The quantitative estimate of drug-likeness (QED) is 0.738. The minimum Gasteiger partial charge on any atom is -0.267 e. The minimum absolute atomic E-state index is 0.201. The van der Waals surface area contributed by atoms with Gasteiger partial charge in [0.25, 0.3) is 5.56 Å². The standard InChI is InChI=1S/C8H5N3OS/c12-8-7-2-1-6(11-13)3-5(7)4-9-10-8/h1-4H,(H,10,12). The van der Waals surface area contributed by atoms with Crippen LogP contribution in [-0.4, -0.2) is 10.2 Å². The SMILES string of the molecule is O=c1[nH]ncc2cc(N=S)ccc12. The Morgan fingerprint density at radius 1 is 1.46 bits per heavy atom. The molecule has 4 nitrogen and oxygen atoms in total. The van der Waals surface area contributed by atoms with Crippen LogP contribution >= 0.6 is 0 Å². The zero-order valence-electron chi connectivity index (χ0n) is 6.52. The Morgan fingerprint density at radius 3 is 3.08 bits per heavy atom. The summed E-state index contributed by atoms with van der Waals surface area (Å²) in [5.74, 6) is 0. The molecule has 2 rings (SSSR count). The molecule has 0 amide bonds. The van der Waals surface area contributed by atoms with Crippen molar-refractivity contribution in [2.24, 2.45) is 4.36 Å². The van der Waals surface area contributed by atoms with E-state index in [1.807, 2.05) is 0 Å². The molecule has 0 aliphatic heterocycles. The van der Waals surface area contributed by atoms with E-state index in [0.717, 1.165) is 5.39 Å². The number of benzene rings is 1. The van der Waals surface area contributed by atoms with Crippen molar-refractivity contribution in [3.8, 4) is 0 Å². The van der Waals surface area contributed by atoms with Crippen LogP contribution in [0.4, 0.5) is 5.69 Å². The van der Waals surface area contributed by atoms with Gasteiger partial charge in [0, 0.05) is 17.8 Å². The lowest BCUT2D eigenvalue weighted by Crippen LogP contribution is -2.06. The average Bonchev–Trinajstić information content (AvgIpc) is 2.18. The van der Waals surface area contributed by atoms with Gasteiger partial charge in [0.05, 0.1) is 17.3 Å². The van der Waals surface area contributed by atoms with Gasteiger partial charge in [0.1, 0.15) is 0 Å². The van der Waals surface area contributed by atoms with E-state index in [-0.39, 0.29) is 5.56 Å². The maximum absolute atomic E-state index is 11.2. The first-order valence-electron chi connectivity index (χ1n) is 3.62. The third-order valence-electron chi connectivity index (χ3n) is 1.75. The Hall–Kier alpha value is -1.62. The van der Waals surface area contributed by atoms with Gasteiger partial charge in [0.2, 0.25) is 0 Å². The number of aromatic amines is 1. The topological polar surface area (TPSA) is 58.1 Å². The van der Waals surface area contributed by atoms with E-state index in [1.165, 1.54) is 0 Å². The zero-order chi connectivity index (χ0) is 9.26. The Balaban J connectivity index is 2.87. The number of nitrogens with zero attached hydrogens (tertiary/aromatic N) is 2. The predicted molar refractivity (Wildman–Crippen MR) is 51.8 cm³/mol. The molecular formula is C8H5N3OS. The van der Waals surface area contributed by atoms with Crippen LogP contribution in [0.25, 0.3) is 10.8 Å². The highest BCUT2D eigenvalue weighted by Gasteiger charge is 1.98. The second-order valence-corrected chi connectivity index (χ2v) is 2.74. The van der Waals surface area contributed by atoms with E-state index >= 15 is 0 Å². The molecule has 64 valence electrons. The highest BCUT2D eigenvalue weighted by Crippen LogP contribution is 2.16. The molecular weight excluding hydrogens is 186 g/mol. The van der Waals surface area contributed by atoms with Crippen LogP contribution in [-0.2, 0) is 12.4 Å². The molecule has 13 heavy (non-hydrogen) atoms. The van der Waals surface area contributed by atoms with Gasteiger partial charge in [-0.05, 0) is 18.2 Å². The van der Waals surface area contributed by atoms with Crippen molar-refractivity contribution in [1.82, 2.24) is 10.2 Å². The molecule has 0 unspecified atom stereocenters. The fourth-order valence-electron chi connectivity index (χ4n) is 1.14. The van der Waals surface area contributed by atoms with Crippen LogP contribution in [0.3, 0.4) is 0 Å². The summed E-state index contributed by atoms with van der Waals surface area (Å²) >= 11 is 4.53. The van der Waals surface area contributed by atoms with Crippen LogP contribution in [0, 0.1) is 0 Å². The first-order valence-corrected chi connectivity index (χ1v) is 3.98. The Kier molecular flexibility index (Phi) is 1.86. The molecule has 0 aliphatic rings. The molecule has 0 saturated carbocycles. The fraction of sp³-hybridized carbons (Fsp3) is 0. The molecule has 2 aromatic rings. The molecule has 0 radical (unpaired) electrons. The zero-order valence-corrected chi connectivity index (χ0v) is 7.34. The van der Waals surface area contributed by atoms with Crippen molar-refractivity contribution in [1.29, 1.82) is 0 Å². The van der Waals surface area contributed by atoms with Gasteiger partial charge in [-0.25, -0.2) is 5.10 Å². The number of aromatic nitrogens is 2. The normalized spacial score (nSPS) is 10.2. The highest BCUT2D eigenvalue weighted by molar-refractivity contribution is 7.47. The number of hydrogen-bond acceptors (Lipinski definition) is 4. The van der Waals surface area contributed by atoms with Gasteiger partial charge >= 0.3 is 0 Å². The van der Waals surface area contributed by atoms with E-state index in [4.69, 9.17) is 0 Å². The van der Waals surface area contributed by atoms with Crippen molar-refractivity contribution in [3.05, 3.63) is 34.7 Å². The van der Waals surface area contributed by atoms with Crippen LogP contribution in [0.5, 0.6) is 0 Å². The van der Waals surface area contributed by atoms with Crippen LogP contribution in [0.15, 0.2) is 33.6 Å². The Bertz CT molecular complexity index is 520. The number of hydrogen-bond donors (Lipinski definition) is 1. The predicted octanol–water partition coefficient (Wildman–Crippen LogP) is 1.29. The second kappa shape index (κ2) is 3.02. The number of fused-ring (bicyclic) bond motifs is 1. The summed E-state index contributed by atoms with van der Waals surface area (Å²) in [6.07, 6.45) is 1.57. The molecule has 0 bridgehead atoms. The van der Waals surface area contributed by atoms with Crippen LogP contribution in [0.2, 0.25) is 0 Å². The molecule has 5 heteroatoms. The summed E-state index contributed by atoms with van der Waals surface area (Å²) in [5, 5.41) is 7.36. The maximum Gasteiger partial charge on any atom is 0.272 e.